The third-order valence-electron chi connectivity index (χ3n) is 3.16. The van der Waals surface area contributed by atoms with E-state index in [0.29, 0.717) is 18.6 Å². The Hall–Kier alpha value is -2.30. The van der Waals surface area contributed by atoms with Gasteiger partial charge in [-0.3, -0.25) is 0 Å². The minimum atomic E-state index is -0.583. The van der Waals surface area contributed by atoms with Crippen molar-refractivity contribution in [3.05, 3.63) is 47.5 Å². The molecule has 0 aliphatic carbocycles. The Morgan fingerprint density at radius 2 is 1.83 bits per heavy atom. The van der Waals surface area contributed by atoms with Crippen molar-refractivity contribution in [1.82, 2.24) is 5.32 Å². The third kappa shape index (κ3) is 7.81. The van der Waals surface area contributed by atoms with Crippen LogP contribution in [-0.2, 0) is 20.7 Å². The molecule has 5 nitrogen and oxygen atoms in total. The van der Waals surface area contributed by atoms with Gasteiger partial charge in [-0.1, -0.05) is 30.3 Å². The number of carbonyl (C=O) groups excluding carboxylic acids is 2. The lowest BCUT2D eigenvalue weighted by Gasteiger charge is -2.24. The van der Waals surface area contributed by atoms with E-state index >= 15 is 0 Å². The molecule has 24 heavy (non-hydrogen) atoms. The van der Waals surface area contributed by atoms with Crippen LogP contribution in [0.25, 0.3) is 0 Å². The molecule has 0 heterocycles. The summed E-state index contributed by atoms with van der Waals surface area (Å²) in [5.74, 6) is -0.418. The first-order chi connectivity index (χ1) is 11.2. The summed E-state index contributed by atoms with van der Waals surface area (Å²) in [6, 6.07) is 9.39. The monoisotopic (exact) mass is 333 g/mol. The van der Waals surface area contributed by atoms with Crippen molar-refractivity contribution in [2.45, 2.75) is 52.7 Å². The summed E-state index contributed by atoms with van der Waals surface area (Å²) in [7, 11) is 0. The lowest BCUT2D eigenvalue weighted by Crippen LogP contribution is -2.41. The van der Waals surface area contributed by atoms with E-state index in [1.807, 2.05) is 30.3 Å². The summed E-state index contributed by atoms with van der Waals surface area (Å²) in [6.45, 7) is 9.27. The predicted molar refractivity (Wildman–Crippen MR) is 93.7 cm³/mol. The lowest BCUT2D eigenvalue weighted by atomic mass is 9.99. The molecule has 1 N–H and O–H groups in total. The summed E-state index contributed by atoms with van der Waals surface area (Å²) in [4.78, 5) is 23.8. The fraction of sp³-hybridized carbons (Fsp3) is 0.474. The fourth-order valence-corrected chi connectivity index (χ4v) is 2.10. The molecule has 132 valence electrons. The molecule has 1 amide bonds. The Morgan fingerprint density at radius 3 is 2.38 bits per heavy atom. The van der Waals surface area contributed by atoms with E-state index in [1.165, 1.54) is 6.08 Å². The lowest BCUT2D eigenvalue weighted by molar-refractivity contribution is -0.137. The van der Waals surface area contributed by atoms with Crippen LogP contribution in [0.5, 0.6) is 0 Å². The van der Waals surface area contributed by atoms with Gasteiger partial charge in [0.15, 0.2) is 0 Å². The molecule has 0 fully saturated rings. The maximum absolute atomic E-state index is 12.1. The largest absolute Gasteiger partial charge is 0.463 e. The number of ether oxygens (including phenoxy) is 2. The van der Waals surface area contributed by atoms with Crippen LogP contribution in [0.15, 0.2) is 42.0 Å². The molecular weight excluding hydrogens is 306 g/mol. The number of alkyl carbamates (subject to hydrolysis) is 1. The molecule has 0 aromatic heterocycles. The van der Waals surface area contributed by atoms with Crippen LogP contribution in [0.2, 0.25) is 0 Å². The van der Waals surface area contributed by atoms with E-state index in [4.69, 9.17) is 9.47 Å². The molecule has 0 aliphatic rings. The highest BCUT2D eigenvalue weighted by molar-refractivity contribution is 5.83. The molecule has 0 spiro atoms. The van der Waals surface area contributed by atoms with Crippen LogP contribution in [0.1, 0.15) is 40.2 Å². The second-order valence-corrected chi connectivity index (χ2v) is 6.53. The minimum Gasteiger partial charge on any atom is -0.463 e. The molecule has 1 rings (SSSR count). The van der Waals surface area contributed by atoms with Crippen LogP contribution < -0.4 is 5.32 Å². The van der Waals surface area contributed by atoms with E-state index in [0.717, 1.165) is 5.56 Å². The molecule has 1 aromatic rings. The quantitative estimate of drug-likeness (QED) is 0.638. The van der Waals surface area contributed by atoms with E-state index < -0.39 is 17.7 Å². The first-order valence-corrected chi connectivity index (χ1v) is 8.09. The van der Waals surface area contributed by atoms with Crippen molar-refractivity contribution in [3.63, 3.8) is 0 Å². The summed E-state index contributed by atoms with van der Waals surface area (Å²) in [5.41, 5.74) is 1.18. The number of amides is 1. The first kappa shape index (κ1) is 19.7. The van der Waals surface area contributed by atoms with Gasteiger partial charge in [0.05, 0.1) is 12.6 Å². The smallest absolute Gasteiger partial charge is 0.408 e. The van der Waals surface area contributed by atoms with Gasteiger partial charge in [0.25, 0.3) is 0 Å². The minimum absolute atomic E-state index is 0.311. The van der Waals surface area contributed by atoms with E-state index in [-0.39, 0.29) is 6.04 Å². The van der Waals surface area contributed by atoms with Crippen LogP contribution >= 0.6 is 0 Å². The molecule has 0 radical (unpaired) electrons. The molecule has 0 bridgehead atoms. The topological polar surface area (TPSA) is 64.6 Å². The van der Waals surface area contributed by atoms with Crippen molar-refractivity contribution >= 4 is 12.1 Å². The second-order valence-electron chi connectivity index (χ2n) is 6.53. The first-order valence-electron chi connectivity index (χ1n) is 8.09. The molecule has 0 unspecified atom stereocenters. The zero-order chi connectivity index (χ0) is 18.2. The predicted octanol–water partition coefficient (Wildman–Crippen LogP) is 3.63. The Labute approximate surface area is 144 Å². The van der Waals surface area contributed by atoms with E-state index in [1.54, 1.807) is 34.6 Å². The van der Waals surface area contributed by atoms with Gasteiger partial charge in [0, 0.05) is 6.08 Å². The highest BCUT2D eigenvalue weighted by atomic mass is 16.6. The Balaban J connectivity index is 2.90. The van der Waals surface area contributed by atoms with Gasteiger partial charge in [-0.2, -0.15) is 0 Å². The molecule has 5 heteroatoms. The van der Waals surface area contributed by atoms with Gasteiger partial charge >= 0.3 is 12.1 Å². The maximum Gasteiger partial charge on any atom is 0.408 e. The highest BCUT2D eigenvalue weighted by Gasteiger charge is 2.21. The molecule has 0 saturated carbocycles. The fourth-order valence-electron chi connectivity index (χ4n) is 2.10. The molecule has 0 saturated heterocycles. The number of nitrogens with one attached hydrogen (secondary N) is 1. The van der Waals surface area contributed by atoms with Gasteiger partial charge in [-0.05, 0) is 52.2 Å². The number of rotatable bonds is 6. The number of esters is 1. The van der Waals surface area contributed by atoms with Crippen molar-refractivity contribution in [2.75, 3.05) is 6.61 Å². The normalized spacial score (nSPS) is 13.1. The van der Waals surface area contributed by atoms with Crippen molar-refractivity contribution in [1.29, 1.82) is 0 Å². The van der Waals surface area contributed by atoms with Crippen LogP contribution in [-0.4, -0.2) is 30.3 Å². The summed E-state index contributed by atoms with van der Waals surface area (Å²) >= 11 is 0. The SMILES string of the molecule is CCOC(=O)/C=C(\C)[C@H](Cc1ccccc1)NC(=O)OC(C)(C)C. The summed E-state index contributed by atoms with van der Waals surface area (Å²) in [6.07, 6.45) is 1.45. The van der Waals surface area contributed by atoms with Crippen LogP contribution in [0.3, 0.4) is 0 Å². The van der Waals surface area contributed by atoms with Gasteiger partial charge < -0.3 is 14.8 Å². The van der Waals surface area contributed by atoms with Crippen molar-refractivity contribution in [3.8, 4) is 0 Å². The Bertz CT molecular complexity index is 573. The molecule has 1 atom stereocenters. The zero-order valence-corrected chi connectivity index (χ0v) is 15.1. The summed E-state index contributed by atoms with van der Waals surface area (Å²) < 4.78 is 10.3. The van der Waals surface area contributed by atoms with Crippen LogP contribution in [0, 0.1) is 0 Å². The average Bonchev–Trinajstić information content (AvgIpc) is 2.45. The second kappa shape index (κ2) is 9.11. The van der Waals surface area contributed by atoms with Crippen molar-refractivity contribution < 1.29 is 19.1 Å². The van der Waals surface area contributed by atoms with Gasteiger partial charge in [0.2, 0.25) is 0 Å². The number of hydrogen-bond donors (Lipinski definition) is 1. The van der Waals surface area contributed by atoms with E-state index in [9.17, 15) is 9.59 Å². The van der Waals surface area contributed by atoms with Gasteiger partial charge in [-0.15, -0.1) is 0 Å². The third-order valence-corrected chi connectivity index (χ3v) is 3.16. The van der Waals surface area contributed by atoms with E-state index in [2.05, 4.69) is 5.32 Å². The number of benzene rings is 1. The number of carbonyl (C=O) groups is 2. The zero-order valence-electron chi connectivity index (χ0n) is 15.1. The highest BCUT2D eigenvalue weighted by Crippen LogP contribution is 2.13. The van der Waals surface area contributed by atoms with Gasteiger partial charge in [-0.25, -0.2) is 9.59 Å². The molecule has 0 aliphatic heterocycles. The van der Waals surface area contributed by atoms with Crippen molar-refractivity contribution in [2.24, 2.45) is 0 Å². The molecular formula is C19H27NO4. The Kier molecular flexibility index (Phi) is 7.49. The standard InChI is InChI=1S/C19H27NO4/c1-6-23-17(21)12-14(2)16(13-15-10-8-7-9-11-15)20-18(22)24-19(3,4)5/h7-12,16H,6,13H2,1-5H3,(H,20,22)/b14-12+/t16-/m0/s1. The maximum atomic E-state index is 12.1. The summed E-state index contributed by atoms with van der Waals surface area (Å²) in [5, 5.41) is 2.83. The van der Waals surface area contributed by atoms with Gasteiger partial charge in [0.1, 0.15) is 5.60 Å². The average molecular weight is 333 g/mol. The van der Waals surface area contributed by atoms with Crippen LogP contribution in [0.4, 0.5) is 4.79 Å². The molecule has 1 aromatic carbocycles. The Morgan fingerprint density at radius 1 is 1.21 bits per heavy atom. The number of hydrogen-bond acceptors (Lipinski definition) is 4.